The molecule has 3 N–H and O–H groups in total. The molecule has 0 saturated heterocycles. The summed E-state index contributed by atoms with van der Waals surface area (Å²) in [6.45, 7) is 0. The van der Waals surface area contributed by atoms with Gasteiger partial charge in [-0.1, -0.05) is 42.5 Å². The molecule has 0 spiro atoms. The molecule has 0 saturated carbocycles. The van der Waals surface area contributed by atoms with Crippen molar-refractivity contribution >= 4 is 39.1 Å². The fourth-order valence-corrected chi connectivity index (χ4v) is 3.77. The van der Waals surface area contributed by atoms with Gasteiger partial charge in [0.15, 0.2) is 5.96 Å². The molecule has 132 valence electrons. The van der Waals surface area contributed by atoms with E-state index in [0.29, 0.717) is 5.58 Å². The number of nitrogens with two attached hydrogens (primary N) is 1. The van der Waals surface area contributed by atoms with E-state index < -0.39 is 5.63 Å². The molecule has 1 heterocycles. The number of para-hydroxylation sites is 1. The Morgan fingerprint density at radius 2 is 1.81 bits per heavy atom. The summed E-state index contributed by atoms with van der Waals surface area (Å²) >= 11 is 0. The van der Waals surface area contributed by atoms with Crippen LogP contribution in [0.25, 0.3) is 21.7 Å². The summed E-state index contributed by atoms with van der Waals surface area (Å²) in [5, 5.41) is 6.06. The Labute approximate surface area is 155 Å². The lowest BCUT2D eigenvalue weighted by atomic mass is 10.0. The molecule has 27 heavy (non-hydrogen) atoms. The summed E-state index contributed by atoms with van der Waals surface area (Å²) in [6.07, 6.45) is 2.12. The van der Waals surface area contributed by atoms with Gasteiger partial charge in [-0.3, -0.25) is 0 Å². The van der Waals surface area contributed by atoms with Gasteiger partial charge < -0.3 is 15.5 Å². The second kappa shape index (κ2) is 5.99. The zero-order chi connectivity index (χ0) is 18.4. The molecule has 5 rings (SSSR count). The molecule has 1 aliphatic carbocycles. The maximum atomic E-state index is 12.2. The Hall–Kier alpha value is -3.60. The molecule has 0 unspecified atom stereocenters. The molecule has 0 bridgehead atoms. The van der Waals surface area contributed by atoms with Crippen LogP contribution in [0.2, 0.25) is 0 Å². The first-order valence-electron chi connectivity index (χ1n) is 8.86. The lowest BCUT2D eigenvalue weighted by molar-refractivity contribution is 0.564. The van der Waals surface area contributed by atoms with Crippen molar-refractivity contribution in [3.05, 3.63) is 82.2 Å². The zero-order valence-corrected chi connectivity index (χ0v) is 14.5. The third-order valence-electron chi connectivity index (χ3n) is 5.00. The van der Waals surface area contributed by atoms with Gasteiger partial charge in [0, 0.05) is 10.8 Å². The highest BCUT2D eigenvalue weighted by Crippen LogP contribution is 2.36. The second-order valence-corrected chi connectivity index (χ2v) is 6.69. The van der Waals surface area contributed by atoms with Crippen LogP contribution in [-0.4, -0.2) is 5.96 Å². The van der Waals surface area contributed by atoms with Gasteiger partial charge >= 0.3 is 5.63 Å². The number of hydrogen-bond donors (Lipinski definition) is 2. The highest BCUT2D eigenvalue weighted by atomic mass is 16.4. The summed E-state index contributed by atoms with van der Waals surface area (Å²) in [5.74, 6) is 0.149. The quantitative estimate of drug-likeness (QED) is 0.322. The summed E-state index contributed by atoms with van der Waals surface area (Å²) in [5.41, 5.74) is 9.90. The smallest absolute Gasteiger partial charge is 0.360 e. The maximum absolute atomic E-state index is 12.2. The van der Waals surface area contributed by atoms with Crippen LogP contribution in [0.1, 0.15) is 11.1 Å². The fraction of sp³-hybridized carbons (Fsp3) is 0.0909. The predicted molar refractivity (Wildman–Crippen MR) is 109 cm³/mol. The maximum Gasteiger partial charge on any atom is 0.360 e. The van der Waals surface area contributed by atoms with Crippen molar-refractivity contribution in [2.75, 3.05) is 5.32 Å². The summed E-state index contributed by atoms with van der Waals surface area (Å²) in [4.78, 5) is 16.7. The summed E-state index contributed by atoms with van der Waals surface area (Å²) < 4.78 is 5.33. The van der Waals surface area contributed by atoms with Crippen molar-refractivity contribution in [1.29, 1.82) is 0 Å². The molecule has 0 amide bonds. The molecule has 3 aromatic carbocycles. The minimum atomic E-state index is -0.479. The topological polar surface area (TPSA) is 80.6 Å². The van der Waals surface area contributed by atoms with Crippen LogP contribution in [0, 0.1) is 0 Å². The molecule has 1 aromatic heterocycles. The number of aryl methyl sites for hydroxylation is 2. The van der Waals surface area contributed by atoms with Gasteiger partial charge in [0.1, 0.15) is 11.3 Å². The Morgan fingerprint density at radius 3 is 2.70 bits per heavy atom. The van der Waals surface area contributed by atoms with E-state index in [0.717, 1.165) is 29.3 Å². The first-order chi connectivity index (χ1) is 13.2. The molecule has 0 fully saturated rings. The number of anilines is 1. The summed E-state index contributed by atoms with van der Waals surface area (Å²) in [7, 11) is 0. The lowest BCUT2D eigenvalue weighted by Gasteiger charge is -2.08. The zero-order valence-electron chi connectivity index (χ0n) is 14.5. The first-order valence-corrected chi connectivity index (χ1v) is 8.86. The van der Waals surface area contributed by atoms with Crippen molar-refractivity contribution in [3.63, 3.8) is 0 Å². The number of benzene rings is 3. The van der Waals surface area contributed by atoms with Crippen molar-refractivity contribution in [2.24, 2.45) is 10.7 Å². The van der Waals surface area contributed by atoms with E-state index in [9.17, 15) is 4.79 Å². The van der Waals surface area contributed by atoms with Gasteiger partial charge in [-0.2, -0.15) is 0 Å². The highest BCUT2D eigenvalue weighted by molar-refractivity contribution is 6.02. The molecule has 0 atom stereocenters. The average molecular weight is 355 g/mol. The minimum absolute atomic E-state index is 0.149. The third kappa shape index (κ3) is 2.64. The van der Waals surface area contributed by atoms with E-state index in [2.05, 4.69) is 28.5 Å². The van der Waals surface area contributed by atoms with Gasteiger partial charge in [-0.15, -0.1) is 0 Å². The number of nitrogens with one attached hydrogen (secondary N) is 1. The Bertz CT molecular complexity index is 1280. The second-order valence-electron chi connectivity index (χ2n) is 6.69. The predicted octanol–water partition coefficient (Wildman–Crippen LogP) is 4.10. The van der Waals surface area contributed by atoms with E-state index in [-0.39, 0.29) is 11.6 Å². The van der Waals surface area contributed by atoms with E-state index in [1.165, 1.54) is 16.5 Å². The van der Waals surface area contributed by atoms with Gasteiger partial charge in [0.05, 0.1) is 5.69 Å². The van der Waals surface area contributed by atoms with Crippen molar-refractivity contribution in [1.82, 2.24) is 0 Å². The Morgan fingerprint density at radius 1 is 1.00 bits per heavy atom. The molecule has 4 aromatic rings. The molecule has 5 heteroatoms. The van der Waals surface area contributed by atoms with E-state index in [4.69, 9.17) is 10.2 Å². The first kappa shape index (κ1) is 15.6. The SMILES string of the molecule is NC(=Nc1ccc2c3c(cccc13)CC2)Nc1cc2ccccc2oc1=O. The van der Waals surface area contributed by atoms with Gasteiger partial charge in [0.2, 0.25) is 0 Å². The number of fused-ring (bicyclic) bond motifs is 1. The summed E-state index contributed by atoms with van der Waals surface area (Å²) in [6, 6.07) is 19.4. The largest absolute Gasteiger partial charge is 0.421 e. The van der Waals surface area contributed by atoms with Crippen LogP contribution in [-0.2, 0) is 12.8 Å². The molecular weight excluding hydrogens is 338 g/mol. The van der Waals surface area contributed by atoms with Crippen LogP contribution in [0.15, 0.2) is 74.9 Å². The molecule has 0 aliphatic heterocycles. The van der Waals surface area contributed by atoms with Crippen LogP contribution >= 0.6 is 0 Å². The minimum Gasteiger partial charge on any atom is -0.421 e. The van der Waals surface area contributed by atoms with Crippen molar-refractivity contribution in [3.8, 4) is 0 Å². The van der Waals surface area contributed by atoms with Gasteiger partial charge in [0.25, 0.3) is 0 Å². The highest BCUT2D eigenvalue weighted by Gasteiger charge is 2.15. The number of rotatable bonds is 2. The van der Waals surface area contributed by atoms with Crippen LogP contribution < -0.4 is 16.7 Å². The molecule has 1 aliphatic rings. The standard InChI is InChI=1S/C22H17N3O2/c23-22(25-18-12-15-4-1-2-7-19(15)27-21(18)26)24-17-11-10-14-9-8-13-5-3-6-16(17)20(13)14/h1-7,10-12H,8-9H2,(H3,23,24,25). The fourth-order valence-electron chi connectivity index (χ4n) is 3.77. The van der Waals surface area contributed by atoms with E-state index in [1.807, 2.05) is 30.3 Å². The van der Waals surface area contributed by atoms with Crippen LogP contribution in [0.4, 0.5) is 11.4 Å². The van der Waals surface area contributed by atoms with Crippen LogP contribution in [0.3, 0.4) is 0 Å². The third-order valence-corrected chi connectivity index (χ3v) is 5.00. The molecular formula is C22H17N3O2. The Balaban J connectivity index is 1.55. The number of aliphatic imine (C=N–C) groups is 1. The van der Waals surface area contributed by atoms with Gasteiger partial charge in [-0.05, 0) is 47.6 Å². The normalized spacial score (nSPS) is 13.4. The number of guanidine groups is 1. The lowest BCUT2D eigenvalue weighted by Crippen LogP contribution is -2.25. The van der Waals surface area contributed by atoms with Crippen molar-refractivity contribution < 1.29 is 4.42 Å². The monoisotopic (exact) mass is 355 g/mol. The van der Waals surface area contributed by atoms with Gasteiger partial charge in [-0.25, -0.2) is 9.79 Å². The Kier molecular flexibility index (Phi) is 3.47. The molecule has 0 radical (unpaired) electrons. The van der Waals surface area contributed by atoms with E-state index >= 15 is 0 Å². The molecule has 5 nitrogen and oxygen atoms in total. The van der Waals surface area contributed by atoms with Crippen molar-refractivity contribution in [2.45, 2.75) is 12.8 Å². The van der Waals surface area contributed by atoms with Crippen LogP contribution in [0.5, 0.6) is 0 Å². The average Bonchev–Trinajstić information content (AvgIpc) is 3.09. The number of hydrogen-bond acceptors (Lipinski definition) is 3. The van der Waals surface area contributed by atoms with E-state index in [1.54, 1.807) is 12.1 Å². The number of nitrogens with zero attached hydrogens (tertiary/aromatic N) is 1.